The van der Waals surface area contributed by atoms with Crippen LogP contribution in [0.2, 0.25) is 0 Å². The van der Waals surface area contributed by atoms with E-state index in [1.165, 1.54) is 0 Å². The SMILES string of the molecule is CCn1nccc1C(C)NC(=O)c1[nH]ncc1[N+](=O)[O-]. The van der Waals surface area contributed by atoms with Gasteiger partial charge < -0.3 is 5.32 Å². The summed E-state index contributed by atoms with van der Waals surface area (Å²) in [5.74, 6) is -0.578. The molecule has 1 unspecified atom stereocenters. The van der Waals surface area contributed by atoms with Crippen molar-refractivity contribution in [1.29, 1.82) is 0 Å². The summed E-state index contributed by atoms with van der Waals surface area (Å²) in [7, 11) is 0. The molecule has 106 valence electrons. The van der Waals surface area contributed by atoms with Gasteiger partial charge in [0, 0.05) is 12.7 Å². The first-order valence-electron chi connectivity index (χ1n) is 6.05. The minimum atomic E-state index is -0.653. The lowest BCUT2D eigenvalue weighted by atomic mass is 10.2. The largest absolute Gasteiger partial charge is 0.342 e. The van der Waals surface area contributed by atoms with Crippen molar-refractivity contribution in [3.63, 3.8) is 0 Å². The molecule has 1 atom stereocenters. The summed E-state index contributed by atoms with van der Waals surface area (Å²) in [5, 5.41) is 23.4. The molecular weight excluding hydrogens is 264 g/mol. The van der Waals surface area contributed by atoms with Gasteiger partial charge in [-0.1, -0.05) is 0 Å². The van der Waals surface area contributed by atoms with Gasteiger partial charge in [-0.2, -0.15) is 10.2 Å². The van der Waals surface area contributed by atoms with Crippen LogP contribution >= 0.6 is 0 Å². The highest BCUT2D eigenvalue weighted by molar-refractivity contribution is 5.96. The highest BCUT2D eigenvalue weighted by atomic mass is 16.6. The third-order valence-electron chi connectivity index (χ3n) is 2.88. The van der Waals surface area contributed by atoms with Crippen molar-refractivity contribution in [1.82, 2.24) is 25.3 Å². The molecule has 0 saturated heterocycles. The molecule has 2 N–H and O–H groups in total. The van der Waals surface area contributed by atoms with Crippen LogP contribution in [0.15, 0.2) is 18.5 Å². The van der Waals surface area contributed by atoms with Gasteiger partial charge >= 0.3 is 5.69 Å². The van der Waals surface area contributed by atoms with Crippen molar-refractivity contribution in [3.8, 4) is 0 Å². The smallest absolute Gasteiger partial charge is 0.319 e. The number of hydrogen-bond donors (Lipinski definition) is 2. The topological polar surface area (TPSA) is 119 Å². The van der Waals surface area contributed by atoms with E-state index in [0.29, 0.717) is 6.54 Å². The number of nitrogens with one attached hydrogen (secondary N) is 2. The molecule has 2 aromatic rings. The highest BCUT2D eigenvalue weighted by Gasteiger charge is 2.24. The molecular formula is C11H14N6O3. The molecule has 0 aromatic carbocycles. The standard InChI is InChI=1S/C11H14N6O3/c1-3-16-8(4-5-13-16)7(2)14-11(18)10-9(17(19)20)6-12-15-10/h4-7H,3H2,1-2H3,(H,12,15)(H,14,18). The number of aromatic nitrogens is 4. The van der Waals surface area contributed by atoms with Gasteiger partial charge in [-0.15, -0.1) is 0 Å². The van der Waals surface area contributed by atoms with Crippen molar-refractivity contribution in [2.75, 3.05) is 0 Å². The number of nitrogens with zero attached hydrogens (tertiary/aromatic N) is 4. The predicted octanol–water partition coefficient (Wildman–Crippen LogP) is 1.03. The Balaban J connectivity index is 2.15. The van der Waals surface area contributed by atoms with E-state index in [0.717, 1.165) is 11.9 Å². The average Bonchev–Trinajstić information content (AvgIpc) is 3.07. The number of carbonyl (C=O) groups is 1. The molecule has 0 fully saturated rings. The molecule has 0 aliphatic rings. The fraction of sp³-hybridized carbons (Fsp3) is 0.364. The zero-order chi connectivity index (χ0) is 14.7. The highest BCUT2D eigenvalue weighted by Crippen LogP contribution is 2.17. The Morgan fingerprint density at radius 2 is 2.40 bits per heavy atom. The quantitative estimate of drug-likeness (QED) is 0.625. The van der Waals surface area contributed by atoms with Gasteiger partial charge in [0.2, 0.25) is 5.69 Å². The number of carbonyl (C=O) groups excluding carboxylic acids is 1. The van der Waals surface area contributed by atoms with Crippen LogP contribution < -0.4 is 5.32 Å². The van der Waals surface area contributed by atoms with Gasteiger partial charge in [-0.3, -0.25) is 24.7 Å². The first-order valence-corrected chi connectivity index (χ1v) is 6.05. The molecule has 2 heterocycles. The molecule has 9 heteroatoms. The molecule has 0 aliphatic heterocycles. The van der Waals surface area contributed by atoms with Crippen molar-refractivity contribution in [2.45, 2.75) is 26.4 Å². The van der Waals surface area contributed by atoms with E-state index in [1.54, 1.807) is 23.9 Å². The number of amides is 1. The van der Waals surface area contributed by atoms with Gasteiger partial charge in [-0.25, -0.2) is 0 Å². The third-order valence-corrected chi connectivity index (χ3v) is 2.88. The second-order valence-corrected chi connectivity index (χ2v) is 4.15. The van der Waals surface area contributed by atoms with Gasteiger partial charge in [0.15, 0.2) is 0 Å². The van der Waals surface area contributed by atoms with Crippen molar-refractivity contribution < 1.29 is 9.72 Å². The van der Waals surface area contributed by atoms with E-state index < -0.39 is 10.8 Å². The lowest BCUT2D eigenvalue weighted by Gasteiger charge is -2.14. The molecule has 20 heavy (non-hydrogen) atoms. The van der Waals surface area contributed by atoms with Gasteiger partial charge in [0.25, 0.3) is 5.91 Å². The summed E-state index contributed by atoms with van der Waals surface area (Å²) in [5.41, 5.74) is 0.311. The van der Waals surface area contributed by atoms with E-state index >= 15 is 0 Å². The molecule has 0 saturated carbocycles. The maximum absolute atomic E-state index is 12.0. The van der Waals surface area contributed by atoms with Crippen LogP contribution in [0.1, 0.15) is 36.1 Å². The molecule has 0 radical (unpaired) electrons. The maximum atomic E-state index is 12.0. The van der Waals surface area contributed by atoms with Crippen LogP contribution in [0.4, 0.5) is 5.69 Å². The van der Waals surface area contributed by atoms with E-state index in [2.05, 4.69) is 20.6 Å². The summed E-state index contributed by atoms with van der Waals surface area (Å²) in [6.45, 7) is 4.39. The molecule has 9 nitrogen and oxygen atoms in total. The summed E-state index contributed by atoms with van der Waals surface area (Å²) in [6.07, 6.45) is 2.65. The number of aromatic amines is 1. The van der Waals surface area contributed by atoms with Crippen molar-refractivity contribution in [2.24, 2.45) is 0 Å². The Kier molecular flexibility index (Phi) is 3.78. The number of nitro groups is 1. The first kappa shape index (κ1) is 13.7. The van der Waals surface area contributed by atoms with Crippen molar-refractivity contribution >= 4 is 11.6 Å². The molecule has 0 bridgehead atoms. The van der Waals surface area contributed by atoms with E-state index in [-0.39, 0.29) is 17.4 Å². The van der Waals surface area contributed by atoms with Crippen LogP contribution in [0, 0.1) is 10.1 Å². The van der Waals surface area contributed by atoms with Gasteiger partial charge in [0.1, 0.15) is 6.20 Å². The number of H-pyrrole nitrogens is 1. The van der Waals surface area contributed by atoms with Crippen molar-refractivity contribution in [3.05, 3.63) is 40.0 Å². The van der Waals surface area contributed by atoms with Crippen LogP contribution in [0.3, 0.4) is 0 Å². The first-order chi connectivity index (χ1) is 9.54. The number of hydrogen-bond acceptors (Lipinski definition) is 5. The minimum Gasteiger partial charge on any atom is -0.342 e. The molecule has 2 rings (SSSR count). The van der Waals surface area contributed by atoms with E-state index in [4.69, 9.17) is 0 Å². The molecule has 1 amide bonds. The Morgan fingerprint density at radius 3 is 3.05 bits per heavy atom. The molecule has 0 spiro atoms. The Morgan fingerprint density at radius 1 is 1.65 bits per heavy atom. The molecule has 0 aliphatic carbocycles. The second kappa shape index (κ2) is 5.51. The third kappa shape index (κ3) is 2.51. The Bertz CT molecular complexity index is 632. The fourth-order valence-corrected chi connectivity index (χ4v) is 1.90. The summed E-state index contributed by atoms with van der Waals surface area (Å²) >= 11 is 0. The Labute approximate surface area is 114 Å². The number of rotatable bonds is 5. The molecule has 2 aromatic heterocycles. The second-order valence-electron chi connectivity index (χ2n) is 4.15. The lowest BCUT2D eigenvalue weighted by molar-refractivity contribution is -0.385. The summed E-state index contributed by atoms with van der Waals surface area (Å²) in [4.78, 5) is 22.1. The Hall–Kier alpha value is -2.71. The zero-order valence-corrected chi connectivity index (χ0v) is 11.0. The summed E-state index contributed by atoms with van der Waals surface area (Å²) in [6, 6.07) is 1.46. The minimum absolute atomic E-state index is 0.163. The van der Waals surface area contributed by atoms with Crippen LogP contribution in [-0.4, -0.2) is 30.8 Å². The summed E-state index contributed by atoms with van der Waals surface area (Å²) < 4.78 is 1.74. The van der Waals surface area contributed by atoms with Crippen LogP contribution in [0.5, 0.6) is 0 Å². The average molecular weight is 278 g/mol. The zero-order valence-electron chi connectivity index (χ0n) is 11.0. The van der Waals surface area contributed by atoms with Crippen LogP contribution in [0.25, 0.3) is 0 Å². The van der Waals surface area contributed by atoms with E-state index in [1.807, 2.05) is 6.92 Å². The predicted molar refractivity (Wildman–Crippen MR) is 69.0 cm³/mol. The normalized spacial score (nSPS) is 12.1. The lowest BCUT2D eigenvalue weighted by Crippen LogP contribution is -2.29. The van der Waals surface area contributed by atoms with Gasteiger partial charge in [-0.05, 0) is 19.9 Å². The van der Waals surface area contributed by atoms with Crippen LogP contribution in [-0.2, 0) is 6.54 Å². The monoisotopic (exact) mass is 278 g/mol. The maximum Gasteiger partial charge on any atom is 0.319 e. The van der Waals surface area contributed by atoms with E-state index in [9.17, 15) is 14.9 Å². The van der Waals surface area contributed by atoms with Gasteiger partial charge in [0.05, 0.1) is 16.7 Å². The number of aryl methyl sites for hydroxylation is 1. The fourth-order valence-electron chi connectivity index (χ4n) is 1.90.